The molecule has 1 aromatic rings. The van der Waals surface area contributed by atoms with Gasteiger partial charge in [0.2, 0.25) is 5.91 Å². The van der Waals surface area contributed by atoms with Gasteiger partial charge in [0.1, 0.15) is 0 Å². The van der Waals surface area contributed by atoms with Crippen LogP contribution in [0.25, 0.3) is 0 Å². The van der Waals surface area contributed by atoms with Gasteiger partial charge < -0.3 is 20.4 Å². The van der Waals surface area contributed by atoms with Crippen LogP contribution in [-0.2, 0) is 14.4 Å². The number of piperazine rings is 1. The number of unbranched alkanes of at least 4 members (excludes halogenated alkanes) is 1. The van der Waals surface area contributed by atoms with Crippen molar-refractivity contribution in [2.75, 3.05) is 44.2 Å². The molecular formula is C18H26ClN3O5. The van der Waals surface area contributed by atoms with Gasteiger partial charge in [0.25, 0.3) is 0 Å². The average molecular weight is 400 g/mol. The molecule has 3 N–H and O–H groups in total. The number of halogens is 1. The highest BCUT2D eigenvalue weighted by Crippen LogP contribution is 2.20. The van der Waals surface area contributed by atoms with Crippen LogP contribution in [0.1, 0.15) is 19.8 Å². The Bertz CT molecular complexity index is 621. The summed E-state index contributed by atoms with van der Waals surface area (Å²) >= 11 is 6.03. The normalized spacial score (nSPS) is 14.1. The summed E-state index contributed by atoms with van der Waals surface area (Å²) in [7, 11) is 0. The number of amides is 1. The van der Waals surface area contributed by atoms with Crippen LogP contribution in [0.3, 0.4) is 0 Å². The minimum atomic E-state index is -1.82. The third-order valence-corrected chi connectivity index (χ3v) is 4.18. The highest BCUT2D eigenvalue weighted by atomic mass is 35.5. The van der Waals surface area contributed by atoms with Crippen molar-refractivity contribution in [2.45, 2.75) is 19.8 Å². The molecular weight excluding hydrogens is 374 g/mol. The lowest BCUT2D eigenvalue weighted by Crippen LogP contribution is -2.49. The van der Waals surface area contributed by atoms with E-state index in [9.17, 15) is 4.79 Å². The Kier molecular flexibility index (Phi) is 10.2. The van der Waals surface area contributed by atoms with Crippen molar-refractivity contribution >= 4 is 35.1 Å². The summed E-state index contributed by atoms with van der Waals surface area (Å²) in [6.45, 7) is 7.11. The van der Waals surface area contributed by atoms with Gasteiger partial charge in [-0.25, -0.2) is 9.59 Å². The second kappa shape index (κ2) is 12.1. The predicted octanol–water partition coefficient (Wildman–Crippen LogP) is 1.53. The molecule has 8 nitrogen and oxygen atoms in total. The largest absolute Gasteiger partial charge is 0.473 e. The number of carbonyl (C=O) groups is 3. The van der Waals surface area contributed by atoms with Crippen LogP contribution in [0.4, 0.5) is 5.69 Å². The Morgan fingerprint density at radius 1 is 1.11 bits per heavy atom. The molecule has 0 aromatic heterocycles. The van der Waals surface area contributed by atoms with Crippen LogP contribution in [0, 0.1) is 0 Å². The van der Waals surface area contributed by atoms with Crippen molar-refractivity contribution in [3.8, 4) is 0 Å². The van der Waals surface area contributed by atoms with Gasteiger partial charge in [0.05, 0.1) is 6.54 Å². The van der Waals surface area contributed by atoms with E-state index in [1.54, 1.807) is 0 Å². The van der Waals surface area contributed by atoms with Crippen molar-refractivity contribution in [1.29, 1.82) is 0 Å². The first-order valence-electron chi connectivity index (χ1n) is 8.79. The first-order chi connectivity index (χ1) is 12.8. The Balaban J connectivity index is 0.000000527. The molecule has 0 aliphatic carbocycles. The molecule has 1 heterocycles. The number of carbonyl (C=O) groups excluding carboxylic acids is 1. The van der Waals surface area contributed by atoms with Crippen LogP contribution in [0.2, 0.25) is 5.02 Å². The monoisotopic (exact) mass is 399 g/mol. The van der Waals surface area contributed by atoms with Crippen molar-refractivity contribution in [1.82, 2.24) is 10.2 Å². The summed E-state index contributed by atoms with van der Waals surface area (Å²) in [6, 6.07) is 7.95. The predicted molar refractivity (Wildman–Crippen MR) is 103 cm³/mol. The molecule has 1 saturated heterocycles. The number of nitrogens with one attached hydrogen (secondary N) is 1. The lowest BCUT2D eigenvalue weighted by Gasteiger charge is -2.35. The van der Waals surface area contributed by atoms with E-state index in [4.69, 9.17) is 31.4 Å². The summed E-state index contributed by atoms with van der Waals surface area (Å²) in [5.74, 6) is -3.51. The smallest absolute Gasteiger partial charge is 0.414 e. The molecule has 27 heavy (non-hydrogen) atoms. The van der Waals surface area contributed by atoms with E-state index in [1.807, 2.05) is 18.2 Å². The van der Waals surface area contributed by atoms with Crippen molar-refractivity contribution in [2.24, 2.45) is 0 Å². The first kappa shape index (κ1) is 22.7. The molecule has 0 radical (unpaired) electrons. The van der Waals surface area contributed by atoms with Crippen LogP contribution >= 0.6 is 11.6 Å². The third-order valence-electron chi connectivity index (χ3n) is 3.95. The molecule has 9 heteroatoms. The molecule has 1 amide bonds. The van der Waals surface area contributed by atoms with E-state index in [1.165, 1.54) is 0 Å². The molecule has 1 aliphatic heterocycles. The number of anilines is 1. The zero-order valence-electron chi connectivity index (χ0n) is 15.4. The van der Waals surface area contributed by atoms with Gasteiger partial charge in [-0.05, 0) is 24.6 Å². The fraction of sp³-hybridized carbons (Fsp3) is 0.500. The number of hydrogen-bond donors (Lipinski definition) is 3. The molecule has 0 atom stereocenters. The number of carboxylic acid groups (broad SMARTS) is 2. The van der Waals surface area contributed by atoms with E-state index >= 15 is 0 Å². The zero-order chi connectivity index (χ0) is 20.2. The minimum Gasteiger partial charge on any atom is -0.473 e. The summed E-state index contributed by atoms with van der Waals surface area (Å²) in [5, 5.41) is 18.5. The molecule has 0 bridgehead atoms. The number of rotatable bonds is 6. The van der Waals surface area contributed by atoms with Gasteiger partial charge in [0, 0.05) is 43.4 Å². The van der Waals surface area contributed by atoms with E-state index in [0.717, 1.165) is 56.3 Å². The SMILES string of the molecule is CCCCNC(=O)CN1CCN(c2cccc(Cl)c2)CC1.O=C(O)C(=O)O. The standard InChI is InChI=1S/C16H24ClN3O.C2H2O4/c1-2-3-7-18-16(21)13-19-8-10-20(11-9-19)15-6-4-5-14(17)12-15;3-1(4)2(5)6/h4-6,12H,2-3,7-11,13H2,1H3,(H,18,21);(H,3,4)(H,5,6). The number of aliphatic carboxylic acids is 2. The second-order valence-electron chi connectivity index (χ2n) is 6.06. The average Bonchev–Trinajstić information content (AvgIpc) is 2.63. The summed E-state index contributed by atoms with van der Waals surface area (Å²) < 4.78 is 0. The summed E-state index contributed by atoms with van der Waals surface area (Å²) in [6.07, 6.45) is 2.16. The lowest BCUT2D eigenvalue weighted by atomic mass is 10.2. The summed E-state index contributed by atoms with van der Waals surface area (Å²) in [5.41, 5.74) is 1.16. The summed E-state index contributed by atoms with van der Waals surface area (Å²) in [4.78, 5) is 34.5. The maximum absolute atomic E-state index is 11.8. The Morgan fingerprint density at radius 3 is 2.26 bits per heavy atom. The molecule has 1 aliphatic rings. The van der Waals surface area contributed by atoms with E-state index in [-0.39, 0.29) is 5.91 Å². The van der Waals surface area contributed by atoms with Gasteiger partial charge in [0.15, 0.2) is 0 Å². The quantitative estimate of drug-likeness (QED) is 0.491. The van der Waals surface area contributed by atoms with E-state index in [2.05, 4.69) is 28.1 Å². The molecule has 0 unspecified atom stereocenters. The number of benzene rings is 1. The van der Waals surface area contributed by atoms with Crippen LogP contribution in [0.15, 0.2) is 24.3 Å². The van der Waals surface area contributed by atoms with Crippen molar-refractivity contribution in [3.63, 3.8) is 0 Å². The molecule has 150 valence electrons. The topological polar surface area (TPSA) is 110 Å². The maximum atomic E-state index is 11.8. The van der Waals surface area contributed by atoms with Gasteiger partial charge in [-0.15, -0.1) is 0 Å². The van der Waals surface area contributed by atoms with Crippen molar-refractivity contribution < 1.29 is 24.6 Å². The van der Waals surface area contributed by atoms with Crippen LogP contribution < -0.4 is 10.2 Å². The first-order valence-corrected chi connectivity index (χ1v) is 9.17. The highest BCUT2D eigenvalue weighted by molar-refractivity contribution is 6.30. The zero-order valence-corrected chi connectivity index (χ0v) is 16.1. The number of nitrogens with zero attached hydrogens (tertiary/aromatic N) is 2. The lowest BCUT2D eigenvalue weighted by molar-refractivity contribution is -0.159. The highest BCUT2D eigenvalue weighted by Gasteiger charge is 2.19. The van der Waals surface area contributed by atoms with Crippen LogP contribution in [0.5, 0.6) is 0 Å². The fourth-order valence-electron chi connectivity index (χ4n) is 2.50. The second-order valence-corrected chi connectivity index (χ2v) is 6.49. The van der Waals surface area contributed by atoms with Gasteiger partial charge in [-0.2, -0.15) is 0 Å². The molecule has 1 fully saturated rings. The Labute approximate surface area is 163 Å². The van der Waals surface area contributed by atoms with Gasteiger partial charge in [-0.3, -0.25) is 9.69 Å². The van der Waals surface area contributed by atoms with Gasteiger partial charge >= 0.3 is 11.9 Å². The van der Waals surface area contributed by atoms with Crippen LogP contribution in [-0.4, -0.2) is 72.2 Å². The minimum absolute atomic E-state index is 0.139. The molecule has 0 saturated carbocycles. The number of carboxylic acids is 2. The molecule has 2 rings (SSSR count). The van der Waals surface area contributed by atoms with Crippen molar-refractivity contribution in [3.05, 3.63) is 29.3 Å². The Hall–Kier alpha value is -2.32. The van der Waals surface area contributed by atoms with E-state index in [0.29, 0.717) is 6.54 Å². The molecule has 0 spiro atoms. The van der Waals surface area contributed by atoms with E-state index < -0.39 is 11.9 Å². The third kappa shape index (κ3) is 9.25. The maximum Gasteiger partial charge on any atom is 0.414 e. The number of hydrogen-bond acceptors (Lipinski definition) is 5. The van der Waals surface area contributed by atoms with Gasteiger partial charge in [-0.1, -0.05) is 31.0 Å². The Morgan fingerprint density at radius 2 is 1.74 bits per heavy atom. The fourth-order valence-corrected chi connectivity index (χ4v) is 2.69. The molecule has 1 aromatic carbocycles.